The van der Waals surface area contributed by atoms with Crippen molar-refractivity contribution in [1.29, 1.82) is 0 Å². The van der Waals surface area contributed by atoms with E-state index in [9.17, 15) is 12.8 Å². The van der Waals surface area contributed by atoms with E-state index in [4.69, 9.17) is 0 Å². The molecule has 1 heterocycles. The minimum absolute atomic E-state index is 0.0486. The molecule has 1 saturated heterocycles. The van der Waals surface area contributed by atoms with Gasteiger partial charge in [-0.25, -0.2) is 17.5 Å². The highest BCUT2D eigenvalue weighted by atomic mass is 32.2. The summed E-state index contributed by atoms with van der Waals surface area (Å²) in [6.45, 7) is 0.459. The van der Waals surface area contributed by atoms with Gasteiger partial charge in [-0.1, -0.05) is 6.07 Å². The molecule has 0 radical (unpaired) electrons. The third-order valence-corrected chi connectivity index (χ3v) is 6.49. The van der Waals surface area contributed by atoms with Crippen LogP contribution in [0.25, 0.3) is 0 Å². The molecule has 0 bridgehead atoms. The first-order valence-electron chi connectivity index (χ1n) is 7.16. The van der Waals surface area contributed by atoms with Crippen molar-refractivity contribution in [2.45, 2.75) is 42.8 Å². The predicted octanol–water partition coefficient (Wildman–Crippen LogP) is 1.86. The molecule has 1 aliphatic heterocycles. The summed E-state index contributed by atoms with van der Waals surface area (Å²) < 4.78 is 41.2. The molecule has 2 aliphatic rings. The molecule has 2 N–H and O–H groups in total. The Morgan fingerprint density at radius 1 is 1.24 bits per heavy atom. The van der Waals surface area contributed by atoms with Crippen molar-refractivity contribution >= 4 is 21.8 Å². The molecule has 1 aromatic rings. The number of halogens is 1. The van der Waals surface area contributed by atoms with Crippen molar-refractivity contribution in [3.8, 4) is 0 Å². The van der Waals surface area contributed by atoms with Crippen LogP contribution in [0.1, 0.15) is 24.8 Å². The molecule has 1 aromatic carbocycles. The molecule has 1 saturated carbocycles. The molecule has 3 rings (SSSR count). The summed E-state index contributed by atoms with van der Waals surface area (Å²) in [6, 6.07) is 4.42. The Bertz CT molecular complexity index is 611. The normalized spacial score (nSPS) is 22.6. The van der Waals surface area contributed by atoms with Crippen LogP contribution in [0.4, 0.5) is 4.39 Å². The third kappa shape index (κ3) is 3.97. The molecular formula is C14H19FN2O2S2. The van der Waals surface area contributed by atoms with Crippen molar-refractivity contribution in [2.75, 3.05) is 11.5 Å². The topological polar surface area (TPSA) is 58.2 Å². The van der Waals surface area contributed by atoms with E-state index >= 15 is 0 Å². The van der Waals surface area contributed by atoms with Crippen molar-refractivity contribution < 1.29 is 12.8 Å². The minimum atomic E-state index is -3.67. The Morgan fingerprint density at radius 3 is 2.71 bits per heavy atom. The number of hydrogen-bond acceptors (Lipinski definition) is 4. The van der Waals surface area contributed by atoms with Gasteiger partial charge in [0, 0.05) is 24.4 Å². The molecule has 1 aliphatic carbocycles. The van der Waals surface area contributed by atoms with Crippen LogP contribution in [0.15, 0.2) is 23.1 Å². The number of sulfonamides is 1. The van der Waals surface area contributed by atoms with Gasteiger partial charge in [0.15, 0.2) is 0 Å². The molecule has 1 unspecified atom stereocenters. The minimum Gasteiger partial charge on any atom is -0.310 e. The van der Waals surface area contributed by atoms with Crippen molar-refractivity contribution in [2.24, 2.45) is 0 Å². The zero-order valence-corrected chi connectivity index (χ0v) is 13.3. The SMILES string of the molecule is O=S(=O)(NC1CCSC1)c1cc(F)ccc1CNC1CC1. The number of rotatable bonds is 6. The quantitative estimate of drug-likeness (QED) is 0.836. The molecule has 0 amide bonds. The zero-order chi connectivity index (χ0) is 14.9. The number of thioether (sulfide) groups is 1. The van der Waals surface area contributed by atoms with Crippen LogP contribution in [-0.4, -0.2) is 32.0 Å². The van der Waals surface area contributed by atoms with E-state index in [-0.39, 0.29) is 10.9 Å². The summed E-state index contributed by atoms with van der Waals surface area (Å²) in [5.74, 6) is 1.22. The Balaban J connectivity index is 1.81. The van der Waals surface area contributed by atoms with Gasteiger partial charge in [0.05, 0.1) is 4.90 Å². The Labute approximate surface area is 128 Å². The van der Waals surface area contributed by atoms with E-state index in [1.165, 1.54) is 6.07 Å². The van der Waals surface area contributed by atoms with Gasteiger partial charge >= 0.3 is 0 Å². The second kappa shape index (κ2) is 6.24. The van der Waals surface area contributed by atoms with Gasteiger partial charge in [0.2, 0.25) is 10.0 Å². The van der Waals surface area contributed by atoms with Crippen LogP contribution >= 0.6 is 11.8 Å². The average molecular weight is 330 g/mol. The maximum atomic E-state index is 13.5. The maximum absolute atomic E-state index is 13.5. The summed E-state index contributed by atoms with van der Waals surface area (Å²) >= 11 is 1.73. The van der Waals surface area contributed by atoms with Crippen LogP contribution in [0, 0.1) is 5.82 Å². The summed E-state index contributed by atoms with van der Waals surface area (Å²) in [4.78, 5) is 0.0625. The highest BCUT2D eigenvalue weighted by molar-refractivity contribution is 7.99. The van der Waals surface area contributed by atoms with Gasteiger partial charge in [0.25, 0.3) is 0 Å². The number of hydrogen-bond donors (Lipinski definition) is 2. The monoisotopic (exact) mass is 330 g/mol. The van der Waals surface area contributed by atoms with Crippen LogP contribution in [0.5, 0.6) is 0 Å². The van der Waals surface area contributed by atoms with Gasteiger partial charge in [-0.2, -0.15) is 11.8 Å². The second-order valence-corrected chi connectivity index (χ2v) is 8.42. The van der Waals surface area contributed by atoms with Crippen molar-refractivity contribution in [3.63, 3.8) is 0 Å². The first-order valence-corrected chi connectivity index (χ1v) is 9.80. The lowest BCUT2D eigenvalue weighted by Crippen LogP contribution is -2.35. The summed E-state index contributed by atoms with van der Waals surface area (Å²) in [5.41, 5.74) is 0.626. The van der Waals surface area contributed by atoms with E-state index in [0.29, 0.717) is 18.2 Å². The van der Waals surface area contributed by atoms with E-state index in [2.05, 4.69) is 10.0 Å². The molecule has 21 heavy (non-hydrogen) atoms. The fourth-order valence-corrected chi connectivity index (χ4v) is 5.15. The van der Waals surface area contributed by atoms with Crippen molar-refractivity contribution in [1.82, 2.24) is 10.0 Å². The van der Waals surface area contributed by atoms with E-state index < -0.39 is 15.8 Å². The molecule has 0 aromatic heterocycles. The lowest BCUT2D eigenvalue weighted by Gasteiger charge is -2.15. The molecule has 116 valence electrons. The standard InChI is InChI=1S/C14H19FN2O2S2/c15-11-2-1-10(8-16-12-3-4-12)14(7-11)21(18,19)17-13-5-6-20-9-13/h1-2,7,12-13,16-17H,3-6,8-9H2. The first-order chi connectivity index (χ1) is 10.0. The highest BCUT2D eigenvalue weighted by Gasteiger charge is 2.26. The molecular weight excluding hydrogens is 311 g/mol. The van der Waals surface area contributed by atoms with Gasteiger partial charge in [-0.3, -0.25) is 0 Å². The fourth-order valence-electron chi connectivity index (χ4n) is 2.38. The Kier molecular flexibility index (Phi) is 4.54. The smallest absolute Gasteiger partial charge is 0.241 e. The zero-order valence-electron chi connectivity index (χ0n) is 11.6. The number of nitrogens with one attached hydrogen (secondary N) is 2. The van der Waals surface area contributed by atoms with Gasteiger partial charge in [-0.05, 0) is 42.7 Å². The third-order valence-electron chi connectivity index (χ3n) is 3.73. The van der Waals surface area contributed by atoms with Gasteiger partial charge in [0.1, 0.15) is 5.82 Å². The largest absolute Gasteiger partial charge is 0.310 e. The summed E-state index contributed by atoms with van der Waals surface area (Å²) in [6.07, 6.45) is 3.08. The molecule has 7 heteroatoms. The molecule has 4 nitrogen and oxygen atoms in total. The average Bonchev–Trinajstić information content (AvgIpc) is 3.14. The van der Waals surface area contributed by atoms with Crippen LogP contribution < -0.4 is 10.0 Å². The van der Waals surface area contributed by atoms with E-state index in [1.807, 2.05) is 0 Å². The summed E-state index contributed by atoms with van der Waals surface area (Å²) in [7, 11) is -3.67. The molecule has 2 fully saturated rings. The van der Waals surface area contributed by atoms with Gasteiger partial charge < -0.3 is 5.32 Å². The van der Waals surface area contributed by atoms with Crippen LogP contribution in [-0.2, 0) is 16.6 Å². The fraction of sp³-hybridized carbons (Fsp3) is 0.571. The lowest BCUT2D eigenvalue weighted by atomic mass is 10.2. The maximum Gasteiger partial charge on any atom is 0.241 e. The van der Waals surface area contributed by atoms with E-state index in [0.717, 1.165) is 36.8 Å². The Morgan fingerprint density at radius 2 is 2.05 bits per heavy atom. The molecule has 1 atom stereocenters. The van der Waals surface area contributed by atoms with Crippen LogP contribution in [0.3, 0.4) is 0 Å². The van der Waals surface area contributed by atoms with Crippen LogP contribution in [0.2, 0.25) is 0 Å². The number of benzene rings is 1. The molecule has 0 spiro atoms. The van der Waals surface area contributed by atoms with Crippen molar-refractivity contribution in [3.05, 3.63) is 29.6 Å². The van der Waals surface area contributed by atoms with Gasteiger partial charge in [-0.15, -0.1) is 0 Å². The van der Waals surface area contributed by atoms with E-state index in [1.54, 1.807) is 17.8 Å². The predicted molar refractivity (Wildman–Crippen MR) is 82.3 cm³/mol. The first kappa shape index (κ1) is 15.3. The Hall–Kier alpha value is -0.630. The lowest BCUT2D eigenvalue weighted by molar-refractivity contribution is 0.557. The highest BCUT2D eigenvalue weighted by Crippen LogP contribution is 2.24. The summed E-state index contributed by atoms with van der Waals surface area (Å²) in [5, 5.41) is 3.28. The second-order valence-electron chi connectivity index (χ2n) is 5.59.